The summed E-state index contributed by atoms with van der Waals surface area (Å²) in [5, 5.41) is 16.2. The molecule has 0 radical (unpaired) electrons. The van der Waals surface area contributed by atoms with E-state index in [1.807, 2.05) is 0 Å². The van der Waals surface area contributed by atoms with E-state index in [1.165, 1.54) is 0 Å². The quantitative estimate of drug-likeness (QED) is 0.824. The summed E-state index contributed by atoms with van der Waals surface area (Å²) >= 11 is 6.97. The van der Waals surface area contributed by atoms with Gasteiger partial charge < -0.3 is 9.84 Å². The van der Waals surface area contributed by atoms with Crippen LogP contribution in [0.3, 0.4) is 0 Å². The minimum Gasteiger partial charge on any atom is -0.496 e. The lowest BCUT2D eigenvalue weighted by atomic mass is 10.2. The largest absolute Gasteiger partial charge is 0.496 e. The Morgan fingerprint density at radius 2 is 2.37 bits per heavy atom. The summed E-state index contributed by atoms with van der Waals surface area (Å²) in [6, 6.07) is 5.14. The number of nitrogens with zero attached hydrogens (tertiary/aromatic N) is 2. The van der Waals surface area contributed by atoms with Gasteiger partial charge in [0.25, 0.3) is 0 Å². The Balaban J connectivity index is 2.27. The highest BCUT2D eigenvalue weighted by molar-refractivity contribution is 7.99. The van der Waals surface area contributed by atoms with Crippen LogP contribution in [0.25, 0.3) is 11.4 Å². The first-order valence-corrected chi connectivity index (χ1v) is 6.57. The van der Waals surface area contributed by atoms with E-state index in [1.54, 1.807) is 25.3 Å². The maximum absolute atomic E-state index is 10.5. The Hall–Kier alpha value is -1.73. The van der Waals surface area contributed by atoms with Gasteiger partial charge in [-0.2, -0.15) is 0 Å². The van der Waals surface area contributed by atoms with Gasteiger partial charge in [0, 0.05) is 5.02 Å². The zero-order valence-corrected chi connectivity index (χ0v) is 11.5. The topological polar surface area (TPSA) is 88.1 Å². The number of carboxylic acids is 1. The number of hydrogen-bond donors (Lipinski definition) is 2. The summed E-state index contributed by atoms with van der Waals surface area (Å²) in [5.74, 6) is 0.0727. The average molecular weight is 300 g/mol. The molecule has 19 heavy (non-hydrogen) atoms. The number of H-pyrrole nitrogens is 1. The van der Waals surface area contributed by atoms with E-state index in [-0.39, 0.29) is 5.75 Å². The molecule has 0 atom stereocenters. The zero-order chi connectivity index (χ0) is 13.8. The number of benzene rings is 1. The van der Waals surface area contributed by atoms with Crippen LogP contribution < -0.4 is 4.74 Å². The lowest BCUT2D eigenvalue weighted by Crippen LogP contribution is -1.97. The smallest absolute Gasteiger partial charge is 0.313 e. The van der Waals surface area contributed by atoms with Gasteiger partial charge in [0.1, 0.15) is 5.75 Å². The molecule has 0 fully saturated rings. The Bertz CT molecular complexity index is 603. The van der Waals surface area contributed by atoms with Crippen molar-refractivity contribution < 1.29 is 14.6 Å². The van der Waals surface area contributed by atoms with Gasteiger partial charge in [0.2, 0.25) is 5.16 Å². The molecule has 0 spiro atoms. The van der Waals surface area contributed by atoms with E-state index < -0.39 is 5.97 Å². The van der Waals surface area contributed by atoms with Gasteiger partial charge in [0.05, 0.1) is 18.4 Å². The van der Waals surface area contributed by atoms with Crippen molar-refractivity contribution in [2.45, 2.75) is 5.16 Å². The first kappa shape index (κ1) is 13.7. The third kappa shape index (κ3) is 3.39. The average Bonchev–Trinajstić information content (AvgIpc) is 2.85. The number of ether oxygens (including phenoxy) is 1. The maximum atomic E-state index is 10.5. The number of halogens is 1. The predicted molar refractivity (Wildman–Crippen MR) is 71.7 cm³/mol. The molecule has 0 amide bonds. The second-order valence-corrected chi connectivity index (χ2v) is 4.87. The van der Waals surface area contributed by atoms with Crippen LogP contribution >= 0.6 is 23.4 Å². The van der Waals surface area contributed by atoms with Crippen molar-refractivity contribution in [2.24, 2.45) is 0 Å². The second-order valence-electron chi connectivity index (χ2n) is 3.49. The number of nitrogens with one attached hydrogen (secondary N) is 1. The number of methoxy groups -OCH3 is 1. The van der Waals surface area contributed by atoms with Crippen molar-refractivity contribution in [3.8, 4) is 17.1 Å². The van der Waals surface area contributed by atoms with Gasteiger partial charge in [0.15, 0.2) is 5.82 Å². The first-order valence-electron chi connectivity index (χ1n) is 5.21. The number of rotatable bonds is 5. The lowest BCUT2D eigenvalue weighted by molar-refractivity contribution is -0.133. The summed E-state index contributed by atoms with van der Waals surface area (Å²) in [6.07, 6.45) is 0. The van der Waals surface area contributed by atoms with Crippen LogP contribution in [0.4, 0.5) is 0 Å². The van der Waals surface area contributed by atoms with Gasteiger partial charge in [-0.05, 0) is 18.2 Å². The summed E-state index contributed by atoms with van der Waals surface area (Å²) < 4.78 is 5.21. The molecule has 1 aromatic heterocycles. The molecule has 0 unspecified atom stereocenters. The van der Waals surface area contributed by atoms with E-state index in [2.05, 4.69) is 15.2 Å². The van der Waals surface area contributed by atoms with Crippen LogP contribution in [0, 0.1) is 0 Å². The summed E-state index contributed by atoms with van der Waals surface area (Å²) in [7, 11) is 1.54. The fourth-order valence-corrected chi connectivity index (χ4v) is 2.11. The Morgan fingerprint density at radius 3 is 3.05 bits per heavy atom. The van der Waals surface area contributed by atoms with Crippen molar-refractivity contribution in [1.29, 1.82) is 0 Å². The molecule has 2 aromatic rings. The van der Waals surface area contributed by atoms with Gasteiger partial charge in [-0.1, -0.05) is 23.4 Å². The monoisotopic (exact) mass is 299 g/mol. The number of carboxylic acid groups (broad SMARTS) is 1. The van der Waals surface area contributed by atoms with E-state index in [4.69, 9.17) is 21.4 Å². The van der Waals surface area contributed by atoms with Crippen molar-refractivity contribution in [3.63, 3.8) is 0 Å². The maximum Gasteiger partial charge on any atom is 0.313 e. The minimum absolute atomic E-state index is 0.0933. The van der Waals surface area contributed by atoms with Crippen molar-refractivity contribution >= 4 is 29.3 Å². The lowest BCUT2D eigenvalue weighted by Gasteiger charge is -2.05. The molecule has 6 nitrogen and oxygen atoms in total. The van der Waals surface area contributed by atoms with Crippen LogP contribution in [0.2, 0.25) is 5.02 Å². The van der Waals surface area contributed by atoms with E-state index in [9.17, 15) is 4.79 Å². The fourth-order valence-electron chi connectivity index (χ4n) is 1.42. The summed E-state index contributed by atoms with van der Waals surface area (Å²) in [6.45, 7) is 0. The minimum atomic E-state index is -0.920. The Kier molecular flexibility index (Phi) is 4.28. The van der Waals surface area contributed by atoms with Crippen molar-refractivity contribution in [2.75, 3.05) is 12.9 Å². The third-order valence-electron chi connectivity index (χ3n) is 2.21. The third-order valence-corrected chi connectivity index (χ3v) is 3.27. The van der Waals surface area contributed by atoms with E-state index in [0.717, 1.165) is 11.8 Å². The van der Waals surface area contributed by atoms with Crippen LogP contribution in [0.15, 0.2) is 23.4 Å². The summed E-state index contributed by atoms with van der Waals surface area (Å²) in [5.41, 5.74) is 0.671. The van der Waals surface area contributed by atoms with Gasteiger partial charge in [-0.15, -0.1) is 5.10 Å². The molecule has 0 saturated heterocycles. The molecule has 0 saturated carbocycles. The molecule has 0 bridgehead atoms. The number of aromatic nitrogens is 3. The molecule has 2 rings (SSSR count). The predicted octanol–water partition coefficient (Wildman–Crippen LogP) is 2.31. The highest BCUT2D eigenvalue weighted by Crippen LogP contribution is 2.30. The number of aliphatic carboxylic acids is 1. The van der Waals surface area contributed by atoms with Crippen LogP contribution in [0.1, 0.15) is 0 Å². The number of aromatic amines is 1. The Labute approximate surface area is 118 Å². The SMILES string of the molecule is COc1ccc(Cl)cc1-c1nc(SCC(=O)O)n[nH]1. The summed E-state index contributed by atoms with van der Waals surface area (Å²) in [4.78, 5) is 14.7. The standard InChI is InChI=1S/C11H10ClN3O3S/c1-18-8-3-2-6(12)4-7(8)10-13-11(15-14-10)19-5-9(16)17/h2-4H,5H2,1H3,(H,16,17)(H,13,14,15). The van der Waals surface area contributed by atoms with E-state index >= 15 is 0 Å². The number of carbonyl (C=O) groups is 1. The van der Waals surface area contributed by atoms with Crippen molar-refractivity contribution in [1.82, 2.24) is 15.2 Å². The fraction of sp³-hybridized carbons (Fsp3) is 0.182. The molecule has 0 aliphatic carbocycles. The molecule has 100 valence electrons. The normalized spacial score (nSPS) is 10.4. The molecular weight excluding hydrogens is 290 g/mol. The zero-order valence-electron chi connectivity index (χ0n) is 9.88. The van der Waals surface area contributed by atoms with Crippen molar-refractivity contribution in [3.05, 3.63) is 23.2 Å². The number of thioether (sulfide) groups is 1. The van der Waals surface area contributed by atoms with Crippen LogP contribution in [-0.4, -0.2) is 39.1 Å². The van der Waals surface area contributed by atoms with E-state index in [0.29, 0.717) is 27.3 Å². The highest BCUT2D eigenvalue weighted by Gasteiger charge is 2.12. The van der Waals surface area contributed by atoms with Gasteiger partial charge in [-0.3, -0.25) is 9.89 Å². The molecule has 0 aliphatic heterocycles. The van der Waals surface area contributed by atoms with Crippen LogP contribution in [0.5, 0.6) is 5.75 Å². The van der Waals surface area contributed by atoms with Gasteiger partial charge >= 0.3 is 5.97 Å². The second kappa shape index (κ2) is 5.94. The molecule has 1 heterocycles. The molecule has 0 aliphatic rings. The number of hydrogen-bond acceptors (Lipinski definition) is 5. The Morgan fingerprint density at radius 1 is 1.58 bits per heavy atom. The molecular formula is C11H10ClN3O3S. The molecule has 8 heteroatoms. The van der Waals surface area contributed by atoms with Gasteiger partial charge in [-0.25, -0.2) is 4.98 Å². The van der Waals surface area contributed by atoms with Crippen LogP contribution in [-0.2, 0) is 4.79 Å². The molecule has 1 aromatic carbocycles. The molecule has 2 N–H and O–H groups in total. The first-order chi connectivity index (χ1) is 9.10. The highest BCUT2D eigenvalue weighted by atomic mass is 35.5.